The molecule has 0 aromatic heterocycles. The molecule has 1 N–H and O–H groups in total. The molecule has 0 saturated heterocycles. The molecule has 1 aliphatic heterocycles. The Hall–Kier alpha value is -2.07. The average Bonchev–Trinajstić information content (AvgIpc) is 2.72. The SMILES string of the molecule is CC1=C[C@@H](C)C2C3C(=O)/C(Cl)=C(\O)[C@H](C)C(=O)O[C@@H](C)/C=C/C=C\[C@@H](C)[C@@H]3C=C[C@@H]2C1. The molecule has 3 rings (SSSR count). The van der Waals surface area contributed by atoms with Crippen LogP contribution in [0.3, 0.4) is 0 Å². The molecule has 168 valence electrons. The van der Waals surface area contributed by atoms with Crippen molar-refractivity contribution in [3.8, 4) is 0 Å². The molecule has 0 bridgehead atoms. The summed E-state index contributed by atoms with van der Waals surface area (Å²) in [5.74, 6) is -2.08. The van der Waals surface area contributed by atoms with Crippen molar-refractivity contribution in [1.29, 1.82) is 0 Å². The van der Waals surface area contributed by atoms with Crippen LogP contribution in [0, 0.1) is 41.4 Å². The standard InChI is InChI=1S/C26H33ClO4/c1-14-12-16(3)21-19(13-14)10-11-20-15(2)8-6-7-9-17(4)31-26(30)18(5)24(28)23(27)25(29)22(20)21/h6-12,15-22,28H,13H2,1-5H3/b8-6-,9-7+,24-23+/t15-,16-,17+,18+,19-,20+,21?,22?/m1/s1. The molecule has 4 nitrogen and oxygen atoms in total. The van der Waals surface area contributed by atoms with E-state index in [4.69, 9.17) is 16.3 Å². The fourth-order valence-corrected chi connectivity index (χ4v) is 5.59. The van der Waals surface area contributed by atoms with E-state index in [0.29, 0.717) is 0 Å². The van der Waals surface area contributed by atoms with Gasteiger partial charge in [-0.05, 0) is 62.9 Å². The number of esters is 1. The van der Waals surface area contributed by atoms with Gasteiger partial charge in [0.1, 0.15) is 22.8 Å². The number of carbonyl (C=O) groups excluding carboxylic acids is 2. The van der Waals surface area contributed by atoms with Crippen LogP contribution in [-0.4, -0.2) is 23.0 Å². The van der Waals surface area contributed by atoms with Crippen molar-refractivity contribution in [1.82, 2.24) is 0 Å². The lowest BCUT2D eigenvalue weighted by Gasteiger charge is -2.45. The largest absolute Gasteiger partial charge is 0.510 e. The monoisotopic (exact) mass is 444 g/mol. The van der Waals surface area contributed by atoms with Gasteiger partial charge < -0.3 is 9.84 Å². The Balaban J connectivity index is 2.11. The predicted molar refractivity (Wildman–Crippen MR) is 123 cm³/mol. The number of allylic oxidation sites excluding steroid dienone is 8. The van der Waals surface area contributed by atoms with Crippen LogP contribution in [0.15, 0.2) is 58.9 Å². The van der Waals surface area contributed by atoms with Crippen LogP contribution in [0.1, 0.15) is 41.0 Å². The number of aliphatic hydroxyl groups is 1. The summed E-state index contributed by atoms with van der Waals surface area (Å²) in [6, 6.07) is 0. The maximum absolute atomic E-state index is 13.7. The predicted octanol–water partition coefficient (Wildman–Crippen LogP) is 5.91. The van der Waals surface area contributed by atoms with Gasteiger partial charge in [-0.25, -0.2) is 0 Å². The average molecular weight is 445 g/mol. The van der Waals surface area contributed by atoms with Gasteiger partial charge in [-0.1, -0.05) is 67.5 Å². The highest BCUT2D eigenvalue weighted by atomic mass is 35.5. The number of rotatable bonds is 0. The summed E-state index contributed by atoms with van der Waals surface area (Å²) in [7, 11) is 0. The fourth-order valence-electron chi connectivity index (χ4n) is 5.30. The molecule has 31 heavy (non-hydrogen) atoms. The Bertz CT molecular complexity index is 878. The lowest BCUT2D eigenvalue weighted by Crippen LogP contribution is -2.43. The van der Waals surface area contributed by atoms with Crippen molar-refractivity contribution >= 4 is 23.4 Å². The summed E-state index contributed by atoms with van der Waals surface area (Å²) in [5.41, 5.74) is 1.33. The van der Waals surface area contributed by atoms with Crippen LogP contribution < -0.4 is 0 Å². The minimum atomic E-state index is -1.01. The Morgan fingerprint density at radius 2 is 1.68 bits per heavy atom. The second-order valence-corrected chi connectivity index (χ2v) is 9.74. The van der Waals surface area contributed by atoms with Crippen molar-refractivity contribution in [3.05, 3.63) is 58.9 Å². The van der Waals surface area contributed by atoms with E-state index in [1.165, 1.54) is 12.5 Å². The number of aliphatic hydroxyl groups excluding tert-OH is 1. The third-order valence-electron chi connectivity index (χ3n) is 6.94. The first-order valence-corrected chi connectivity index (χ1v) is 11.5. The molecule has 0 aromatic rings. The molecule has 2 unspecified atom stereocenters. The van der Waals surface area contributed by atoms with E-state index in [0.717, 1.165) is 6.42 Å². The highest BCUT2D eigenvalue weighted by molar-refractivity contribution is 6.43. The van der Waals surface area contributed by atoms with Crippen LogP contribution in [0.2, 0.25) is 0 Å². The molecule has 0 amide bonds. The van der Waals surface area contributed by atoms with E-state index >= 15 is 0 Å². The van der Waals surface area contributed by atoms with Gasteiger partial charge >= 0.3 is 5.97 Å². The molecule has 0 fully saturated rings. The molecular weight excluding hydrogens is 412 g/mol. The Kier molecular flexibility index (Phi) is 7.31. The van der Waals surface area contributed by atoms with Crippen LogP contribution in [-0.2, 0) is 14.3 Å². The number of fused-ring (bicyclic) bond motifs is 3. The minimum Gasteiger partial charge on any atom is -0.510 e. The second-order valence-electron chi connectivity index (χ2n) is 9.36. The van der Waals surface area contributed by atoms with Crippen molar-refractivity contribution in [2.45, 2.75) is 47.1 Å². The second kappa shape index (κ2) is 9.60. The summed E-state index contributed by atoms with van der Waals surface area (Å²) in [4.78, 5) is 26.2. The number of hydrogen-bond acceptors (Lipinski definition) is 4. The molecular formula is C26H33ClO4. The number of carbonyl (C=O) groups is 2. The van der Waals surface area contributed by atoms with Crippen LogP contribution in [0.25, 0.3) is 0 Å². The molecule has 8 atom stereocenters. The molecule has 3 aliphatic rings. The van der Waals surface area contributed by atoms with Crippen LogP contribution in [0.4, 0.5) is 0 Å². The quantitative estimate of drug-likeness (QED) is 0.372. The van der Waals surface area contributed by atoms with Gasteiger partial charge in [0.05, 0.1) is 0 Å². The lowest BCUT2D eigenvalue weighted by molar-refractivity contribution is -0.150. The summed E-state index contributed by atoms with van der Waals surface area (Å²) >= 11 is 6.46. The van der Waals surface area contributed by atoms with Gasteiger partial charge in [-0.15, -0.1) is 0 Å². The molecule has 1 heterocycles. The zero-order valence-electron chi connectivity index (χ0n) is 18.9. The Labute approximate surface area is 190 Å². The maximum atomic E-state index is 13.7. The summed E-state index contributed by atoms with van der Waals surface area (Å²) < 4.78 is 5.37. The lowest BCUT2D eigenvalue weighted by atomic mass is 9.58. The number of halogens is 1. The summed E-state index contributed by atoms with van der Waals surface area (Å²) in [6.45, 7) is 9.64. The summed E-state index contributed by atoms with van der Waals surface area (Å²) in [5, 5.41) is 10.5. The molecule has 0 aromatic carbocycles. The first-order chi connectivity index (χ1) is 14.6. The van der Waals surface area contributed by atoms with E-state index in [1.807, 2.05) is 12.2 Å². The van der Waals surface area contributed by atoms with E-state index in [9.17, 15) is 14.7 Å². The molecule has 0 saturated carbocycles. The highest BCUT2D eigenvalue weighted by Gasteiger charge is 2.46. The number of Topliss-reactive ketones (excluding diaryl/α,β-unsaturated/α-hetero) is 1. The van der Waals surface area contributed by atoms with E-state index in [2.05, 4.69) is 45.1 Å². The summed E-state index contributed by atoms with van der Waals surface area (Å²) in [6.07, 6.45) is 14.8. The maximum Gasteiger partial charge on any atom is 0.316 e. The van der Waals surface area contributed by atoms with E-state index in [-0.39, 0.29) is 46.3 Å². The van der Waals surface area contributed by atoms with Crippen molar-refractivity contribution < 1.29 is 19.4 Å². The van der Waals surface area contributed by atoms with Gasteiger partial charge in [-0.2, -0.15) is 0 Å². The topological polar surface area (TPSA) is 63.6 Å². The smallest absolute Gasteiger partial charge is 0.316 e. The van der Waals surface area contributed by atoms with Crippen LogP contribution >= 0.6 is 11.6 Å². The molecule has 0 spiro atoms. The van der Waals surface area contributed by atoms with Crippen molar-refractivity contribution in [3.63, 3.8) is 0 Å². The van der Waals surface area contributed by atoms with E-state index in [1.54, 1.807) is 13.0 Å². The van der Waals surface area contributed by atoms with Gasteiger partial charge in [0.2, 0.25) is 0 Å². The number of ether oxygens (including phenoxy) is 1. The Morgan fingerprint density at radius 3 is 2.39 bits per heavy atom. The first-order valence-electron chi connectivity index (χ1n) is 11.2. The molecule has 2 aliphatic carbocycles. The number of cyclic esters (lactones) is 1. The fraction of sp³-hybridized carbons (Fsp3) is 0.538. The van der Waals surface area contributed by atoms with Crippen molar-refractivity contribution in [2.24, 2.45) is 41.4 Å². The zero-order chi connectivity index (χ0) is 22.9. The van der Waals surface area contributed by atoms with Gasteiger partial charge in [-0.3, -0.25) is 9.59 Å². The number of ketones is 1. The minimum absolute atomic E-state index is 0.0446. The van der Waals surface area contributed by atoms with Gasteiger partial charge in [0, 0.05) is 5.92 Å². The molecule has 0 radical (unpaired) electrons. The third kappa shape index (κ3) is 4.90. The van der Waals surface area contributed by atoms with E-state index < -0.39 is 23.8 Å². The van der Waals surface area contributed by atoms with Gasteiger partial charge in [0.25, 0.3) is 0 Å². The van der Waals surface area contributed by atoms with Crippen molar-refractivity contribution in [2.75, 3.05) is 0 Å². The Morgan fingerprint density at radius 1 is 1.00 bits per heavy atom. The van der Waals surface area contributed by atoms with Crippen LogP contribution in [0.5, 0.6) is 0 Å². The highest BCUT2D eigenvalue weighted by Crippen LogP contribution is 2.49. The van der Waals surface area contributed by atoms with Gasteiger partial charge in [0.15, 0.2) is 5.78 Å². The number of hydrogen-bond donors (Lipinski definition) is 1. The third-order valence-corrected chi connectivity index (χ3v) is 7.32. The molecule has 5 heteroatoms. The zero-order valence-corrected chi connectivity index (χ0v) is 19.7. The first kappa shape index (κ1) is 23.6. The normalized spacial score (nSPS) is 43.7.